The van der Waals surface area contributed by atoms with Gasteiger partial charge in [-0.1, -0.05) is 19.4 Å². The zero-order chi connectivity index (χ0) is 21.6. The second kappa shape index (κ2) is 8.32. The molecular formula is C27H42NO3+. The molecule has 4 nitrogen and oxygen atoms in total. The van der Waals surface area contributed by atoms with Crippen molar-refractivity contribution in [2.75, 3.05) is 19.6 Å². The van der Waals surface area contributed by atoms with Gasteiger partial charge in [-0.25, -0.2) is 0 Å². The van der Waals surface area contributed by atoms with Crippen LogP contribution in [0.1, 0.15) is 90.9 Å². The molecule has 1 aliphatic heterocycles. The number of allylic oxidation sites excluding steroid dienone is 1. The van der Waals surface area contributed by atoms with Crippen LogP contribution in [-0.4, -0.2) is 37.5 Å². The van der Waals surface area contributed by atoms with Crippen molar-refractivity contribution in [2.45, 2.75) is 97.0 Å². The number of quaternary nitrogens is 1. The van der Waals surface area contributed by atoms with Gasteiger partial charge in [0.15, 0.2) is 5.78 Å². The number of likely N-dealkylation sites (tertiary alicyclic amines) is 1. The largest absolute Gasteiger partial charge is 0.462 e. The fourth-order valence-corrected chi connectivity index (χ4v) is 8.50. The third-order valence-electron chi connectivity index (χ3n) is 10.4. The molecule has 0 unspecified atom stereocenters. The van der Waals surface area contributed by atoms with Crippen LogP contribution >= 0.6 is 0 Å². The van der Waals surface area contributed by atoms with E-state index >= 15 is 0 Å². The van der Waals surface area contributed by atoms with E-state index in [0.29, 0.717) is 24.0 Å². The van der Waals surface area contributed by atoms with Crippen LogP contribution in [0.4, 0.5) is 0 Å². The van der Waals surface area contributed by atoms with Gasteiger partial charge in [0.25, 0.3) is 0 Å². The molecule has 0 aromatic carbocycles. The molecule has 6 atom stereocenters. The van der Waals surface area contributed by atoms with E-state index in [2.05, 4.69) is 13.8 Å². The monoisotopic (exact) mass is 428 g/mol. The highest BCUT2D eigenvalue weighted by molar-refractivity contribution is 5.91. The normalized spacial score (nSPS) is 42.9. The molecule has 5 rings (SSSR count). The van der Waals surface area contributed by atoms with Crippen LogP contribution < -0.4 is 4.90 Å². The predicted molar refractivity (Wildman–Crippen MR) is 121 cm³/mol. The van der Waals surface area contributed by atoms with Crippen molar-refractivity contribution < 1.29 is 19.2 Å². The van der Waals surface area contributed by atoms with E-state index in [1.54, 1.807) is 4.90 Å². The van der Waals surface area contributed by atoms with Gasteiger partial charge in [0, 0.05) is 11.8 Å². The molecule has 4 fully saturated rings. The van der Waals surface area contributed by atoms with Gasteiger partial charge in [-0.2, -0.15) is 0 Å². The van der Waals surface area contributed by atoms with Gasteiger partial charge < -0.3 is 9.64 Å². The lowest BCUT2D eigenvalue weighted by molar-refractivity contribution is -0.904. The van der Waals surface area contributed by atoms with Gasteiger partial charge in [-0.05, 0) is 93.5 Å². The van der Waals surface area contributed by atoms with E-state index in [0.717, 1.165) is 38.1 Å². The van der Waals surface area contributed by atoms with E-state index in [9.17, 15) is 9.59 Å². The summed E-state index contributed by atoms with van der Waals surface area (Å²) in [5, 5.41) is 0. The molecular weight excluding hydrogens is 386 g/mol. The minimum Gasteiger partial charge on any atom is -0.462 e. The highest BCUT2D eigenvalue weighted by atomic mass is 16.5. The number of ether oxygens (including phenoxy) is 1. The molecule has 5 aliphatic rings. The van der Waals surface area contributed by atoms with Crippen LogP contribution in [0.2, 0.25) is 0 Å². The summed E-state index contributed by atoms with van der Waals surface area (Å²) in [5.41, 5.74) is 1.82. The summed E-state index contributed by atoms with van der Waals surface area (Å²) in [6.45, 7) is 8.26. The quantitative estimate of drug-likeness (QED) is 0.691. The molecule has 0 amide bonds. The van der Waals surface area contributed by atoms with Gasteiger partial charge >= 0.3 is 5.97 Å². The number of hydrogen-bond donors (Lipinski definition) is 1. The Morgan fingerprint density at radius 2 is 1.84 bits per heavy atom. The molecule has 1 N–H and O–H groups in total. The first kappa shape index (κ1) is 21.7. The molecule has 3 saturated carbocycles. The minimum atomic E-state index is 0.0405. The summed E-state index contributed by atoms with van der Waals surface area (Å²) in [5.74, 6) is 2.49. The maximum atomic E-state index is 12.7. The Hall–Kier alpha value is -1.16. The van der Waals surface area contributed by atoms with Gasteiger partial charge in [-0.15, -0.1) is 0 Å². The Labute approximate surface area is 188 Å². The summed E-state index contributed by atoms with van der Waals surface area (Å²) >= 11 is 0. The van der Waals surface area contributed by atoms with E-state index in [-0.39, 0.29) is 22.9 Å². The number of ketones is 1. The van der Waals surface area contributed by atoms with Gasteiger partial charge in [0.1, 0.15) is 6.10 Å². The topological polar surface area (TPSA) is 47.8 Å². The van der Waals surface area contributed by atoms with Crippen LogP contribution in [0.25, 0.3) is 0 Å². The molecule has 4 aliphatic carbocycles. The Morgan fingerprint density at radius 3 is 2.65 bits per heavy atom. The summed E-state index contributed by atoms with van der Waals surface area (Å²) in [6, 6.07) is 0. The molecule has 172 valence electrons. The van der Waals surface area contributed by atoms with Crippen LogP contribution in [0, 0.1) is 28.6 Å². The van der Waals surface area contributed by atoms with Crippen LogP contribution in [0.3, 0.4) is 0 Å². The number of piperidine rings is 1. The molecule has 4 heteroatoms. The molecule has 0 bridgehead atoms. The fourth-order valence-electron chi connectivity index (χ4n) is 8.50. The lowest BCUT2D eigenvalue weighted by Gasteiger charge is -2.57. The first-order chi connectivity index (χ1) is 14.9. The van der Waals surface area contributed by atoms with Crippen molar-refractivity contribution in [1.82, 2.24) is 0 Å². The highest BCUT2D eigenvalue weighted by Crippen LogP contribution is 2.65. The van der Waals surface area contributed by atoms with Crippen molar-refractivity contribution in [3.63, 3.8) is 0 Å². The number of hydrogen-bond acceptors (Lipinski definition) is 3. The summed E-state index contributed by atoms with van der Waals surface area (Å²) in [4.78, 5) is 26.4. The van der Waals surface area contributed by atoms with Gasteiger partial charge in [0.05, 0.1) is 26.1 Å². The van der Waals surface area contributed by atoms with E-state index in [1.165, 1.54) is 63.6 Å². The average Bonchev–Trinajstić information content (AvgIpc) is 3.10. The van der Waals surface area contributed by atoms with E-state index < -0.39 is 0 Å². The summed E-state index contributed by atoms with van der Waals surface area (Å²) < 4.78 is 6.19. The number of carbonyl (C=O) groups excluding carboxylic acids is 2. The SMILES string of the molecule is C[C@]12CC[C@H]3[C@@H](CCC4=CC(=O)CC[C@@]43C)[C@@H]1CC[C@@H]2OC(=O)CC[NH+]1CCCCC1. The number of nitrogens with one attached hydrogen (secondary N) is 1. The maximum absolute atomic E-state index is 12.7. The number of esters is 1. The van der Waals surface area contributed by atoms with E-state index in [4.69, 9.17) is 4.74 Å². The molecule has 0 aromatic heterocycles. The number of rotatable bonds is 4. The van der Waals surface area contributed by atoms with Crippen molar-refractivity contribution >= 4 is 11.8 Å². The maximum Gasteiger partial charge on any atom is 0.311 e. The summed E-state index contributed by atoms with van der Waals surface area (Å²) in [6.07, 6.45) is 15.4. The molecule has 31 heavy (non-hydrogen) atoms. The van der Waals surface area contributed by atoms with Crippen LogP contribution in [-0.2, 0) is 14.3 Å². The number of carbonyl (C=O) groups is 2. The smallest absolute Gasteiger partial charge is 0.311 e. The van der Waals surface area contributed by atoms with Gasteiger partial charge in [0.2, 0.25) is 0 Å². The second-order valence-electron chi connectivity index (χ2n) is 11.9. The fraction of sp³-hybridized carbons (Fsp3) is 0.852. The average molecular weight is 429 g/mol. The lowest BCUT2D eigenvalue weighted by Crippen LogP contribution is -3.12. The van der Waals surface area contributed by atoms with Crippen LogP contribution in [0.15, 0.2) is 11.6 Å². The Bertz CT molecular complexity index is 754. The summed E-state index contributed by atoms with van der Waals surface area (Å²) in [7, 11) is 0. The molecule has 0 radical (unpaired) electrons. The zero-order valence-electron chi connectivity index (χ0n) is 19.7. The zero-order valence-corrected chi connectivity index (χ0v) is 19.7. The molecule has 0 spiro atoms. The standard InChI is InChI=1S/C27H41NO3/c1-26-13-10-20(29)18-19(26)6-7-21-22-8-9-24(27(22,2)14-11-23(21)26)31-25(30)12-17-28-15-4-3-5-16-28/h18,21-24H,3-17H2,1-2H3/p+1/t21-,22-,23-,24-,26-,27-/m0/s1. The van der Waals surface area contributed by atoms with Crippen molar-refractivity contribution in [2.24, 2.45) is 28.6 Å². The van der Waals surface area contributed by atoms with Gasteiger partial charge in [-0.3, -0.25) is 9.59 Å². The molecule has 1 heterocycles. The predicted octanol–water partition coefficient (Wildman–Crippen LogP) is 3.89. The lowest BCUT2D eigenvalue weighted by atomic mass is 9.47. The Kier molecular flexibility index (Phi) is 5.82. The minimum absolute atomic E-state index is 0.0405. The molecule has 0 aromatic rings. The highest BCUT2D eigenvalue weighted by Gasteiger charge is 2.59. The second-order valence-corrected chi connectivity index (χ2v) is 11.9. The Morgan fingerprint density at radius 1 is 1.03 bits per heavy atom. The molecule has 1 saturated heterocycles. The van der Waals surface area contributed by atoms with Crippen LogP contribution in [0.5, 0.6) is 0 Å². The van der Waals surface area contributed by atoms with E-state index in [1.807, 2.05) is 6.08 Å². The van der Waals surface area contributed by atoms with Crippen molar-refractivity contribution in [3.8, 4) is 0 Å². The Balaban J connectivity index is 1.23. The third-order valence-corrected chi connectivity index (χ3v) is 10.4. The van der Waals surface area contributed by atoms with Crippen molar-refractivity contribution in [3.05, 3.63) is 11.6 Å². The number of fused-ring (bicyclic) bond motifs is 5. The third kappa shape index (κ3) is 3.81. The first-order valence-electron chi connectivity index (χ1n) is 13.2. The first-order valence-corrected chi connectivity index (χ1v) is 13.2. The van der Waals surface area contributed by atoms with Crippen molar-refractivity contribution in [1.29, 1.82) is 0 Å².